The molecule has 5 nitrogen and oxygen atoms in total. The SMILES string of the molecule is CC1C/C=C(\c2ccnc3oc4c(-c5cccc6c5oc5cc7ccccc7cc56)cccc4c23)N=C(c2ccc(-c3cccc4ccccc34)cc2)N=C1c1ccccc1. The molecule has 0 saturated heterocycles. The van der Waals surface area contributed by atoms with Gasteiger partial charge < -0.3 is 8.83 Å². The number of nitrogens with zero attached hydrogens (tertiary/aromatic N) is 3. The van der Waals surface area contributed by atoms with Crippen molar-refractivity contribution in [2.24, 2.45) is 15.9 Å². The van der Waals surface area contributed by atoms with Gasteiger partial charge in [0, 0.05) is 50.5 Å². The Bertz CT molecular complexity index is 3620. The summed E-state index contributed by atoms with van der Waals surface area (Å²) in [5, 5.41) is 8.83. The fourth-order valence-corrected chi connectivity index (χ4v) is 9.18. The predicted molar refractivity (Wildman–Crippen MR) is 252 cm³/mol. The minimum atomic E-state index is 0.129. The second-order valence-electron chi connectivity index (χ2n) is 15.9. The zero-order valence-electron chi connectivity index (χ0n) is 33.3. The Hall–Kier alpha value is -7.89. The van der Waals surface area contributed by atoms with Crippen LogP contribution in [0, 0.1) is 5.92 Å². The van der Waals surface area contributed by atoms with Crippen molar-refractivity contribution in [1.82, 2.24) is 4.98 Å². The van der Waals surface area contributed by atoms with Crippen LogP contribution in [-0.2, 0) is 0 Å². The van der Waals surface area contributed by atoms with Crippen LogP contribution in [0.2, 0.25) is 0 Å². The van der Waals surface area contributed by atoms with Crippen molar-refractivity contribution in [1.29, 1.82) is 0 Å². The van der Waals surface area contributed by atoms with Crippen molar-refractivity contribution in [3.05, 3.63) is 205 Å². The summed E-state index contributed by atoms with van der Waals surface area (Å²) in [6.45, 7) is 2.25. The quantitative estimate of drug-likeness (QED) is 0.175. The summed E-state index contributed by atoms with van der Waals surface area (Å²) in [5.74, 6) is 0.786. The van der Waals surface area contributed by atoms with E-state index in [0.717, 1.165) is 94.9 Å². The van der Waals surface area contributed by atoms with Gasteiger partial charge in [0.1, 0.15) is 16.7 Å². The zero-order valence-corrected chi connectivity index (χ0v) is 33.3. The normalized spacial score (nSPS) is 15.6. The summed E-state index contributed by atoms with van der Waals surface area (Å²) >= 11 is 0. The lowest BCUT2D eigenvalue weighted by Crippen LogP contribution is -2.17. The van der Waals surface area contributed by atoms with E-state index in [-0.39, 0.29) is 5.92 Å². The van der Waals surface area contributed by atoms with Crippen LogP contribution in [0.3, 0.4) is 0 Å². The first-order valence-corrected chi connectivity index (χ1v) is 20.8. The first kappa shape index (κ1) is 35.1. The molecule has 1 aliphatic heterocycles. The molecule has 4 heterocycles. The molecule has 8 aromatic carbocycles. The summed E-state index contributed by atoms with van der Waals surface area (Å²) in [6, 6.07) is 61.6. The van der Waals surface area contributed by atoms with Gasteiger partial charge >= 0.3 is 0 Å². The highest BCUT2D eigenvalue weighted by molar-refractivity contribution is 6.19. The molecule has 11 aromatic rings. The van der Waals surface area contributed by atoms with Crippen LogP contribution in [0.15, 0.2) is 207 Å². The van der Waals surface area contributed by atoms with Gasteiger partial charge in [-0.15, -0.1) is 0 Å². The van der Waals surface area contributed by atoms with Crippen molar-refractivity contribution < 1.29 is 8.83 Å². The molecule has 288 valence electrons. The van der Waals surface area contributed by atoms with Crippen molar-refractivity contribution >= 4 is 82.8 Å². The van der Waals surface area contributed by atoms with E-state index >= 15 is 0 Å². The zero-order chi connectivity index (χ0) is 40.4. The molecule has 5 heteroatoms. The minimum Gasteiger partial charge on any atom is -0.455 e. The lowest BCUT2D eigenvalue weighted by Gasteiger charge is -2.18. The van der Waals surface area contributed by atoms with Gasteiger partial charge in [-0.1, -0.05) is 171 Å². The Labute approximate surface area is 351 Å². The average molecular weight is 784 g/mol. The van der Waals surface area contributed by atoms with Gasteiger partial charge in [0.05, 0.1) is 16.8 Å². The summed E-state index contributed by atoms with van der Waals surface area (Å²) in [7, 11) is 0. The maximum Gasteiger partial charge on any atom is 0.227 e. The number of hydrogen-bond donors (Lipinski definition) is 0. The molecule has 1 aliphatic rings. The highest BCUT2D eigenvalue weighted by atomic mass is 16.3. The first-order valence-electron chi connectivity index (χ1n) is 20.8. The van der Waals surface area contributed by atoms with Gasteiger partial charge in [-0.05, 0) is 62.9 Å². The summed E-state index contributed by atoms with van der Waals surface area (Å²) in [6.07, 6.45) is 4.83. The van der Waals surface area contributed by atoms with E-state index < -0.39 is 0 Å². The van der Waals surface area contributed by atoms with Gasteiger partial charge in [0.15, 0.2) is 5.84 Å². The molecule has 61 heavy (non-hydrogen) atoms. The Balaban J connectivity index is 1.01. The Morgan fingerprint density at radius 3 is 1.93 bits per heavy atom. The number of fused-ring (bicyclic) bond motifs is 8. The lowest BCUT2D eigenvalue weighted by molar-refractivity contribution is 0.653. The van der Waals surface area contributed by atoms with Crippen molar-refractivity contribution in [3.63, 3.8) is 0 Å². The van der Waals surface area contributed by atoms with E-state index in [4.69, 9.17) is 23.8 Å². The summed E-state index contributed by atoms with van der Waals surface area (Å²) in [4.78, 5) is 15.6. The number of amidine groups is 1. The van der Waals surface area contributed by atoms with Crippen LogP contribution in [0.1, 0.15) is 30.0 Å². The minimum absolute atomic E-state index is 0.129. The molecular formula is C56H37N3O2. The van der Waals surface area contributed by atoms with Gasteiger partial charge in [0.2, 0.25) is 5.71 Å². The molecule has 0 N–H and O–H groups in total. The maximum absolute atomic E-state index is 6.75. The molecular weight excluding hydrogens is 747 g/mol. The van der Waals surface area contributed by atoms with Crippen LogP contribution in [0.5, 0.6) is 0 Å². The second kappa shape index (κ2) is 14.1. The molecule has 1 atom stereocenters. The fourth-order valence-electron chi connectivity index (χ4n) is 9.18. The number of hydrogen-bond acceptors (Lipinski definition) is 5. The molecule has 0 fully saturated rings. The Kier molecular flexibility index (Phi) is 8.13. The number of pyridine rings is 1. The second-order valence-corrected chi connectivity index (χ2v) is 15.9. The standard InChI is InChI=1S/C56H37N3O2/c1-34-24-29-49(58-55(59-52(34)37-13-3-2-4-14-37)38-27-25-36(26-28-38)42-19-9-17-35-12-7-8-18-41(35)42)46-30-31-57-56-51(46)47-23-11-21-44(54(47)61-56)43-20-10-22-45-48-32-39-15-5-6-16-40(39)33-50(48)60-53(43)45/h2-23,25-34H,24H2,1H3/b49-29+,58-55?,59-52?. The van der Waals surface area contributed by atoms with Crippen LogP contribution in [-0.4, -0.2) is 16.5 Å². The highest BCUT2D eigenvalue weighted by Gasteiger charge is 2.23. The molecule has 0 radical (unpaired) electrons. The molecule has 12 rings (SSSR count). The van der Waals surface area contributed by atoms with Crippen molar-refractivity contribution in [3.8, 4) is 22.3 Å². The molecule has 0 aliphatic carbocycles. The van der Waals surface area contributed by atoms with Gasteiger partial charge in [-0.3, -0.25) is 0 Å². The maximum atomic E-state index is 6.75. The topological polar surface area (TPSA) is 63.9 Å². The number of para-hydroxylation sites is 2. The lowest BCUT2D eigenvalue weighted by atomic mass is 9.93. The molecule has 0 saturated carbocycles. The first-order chi connectivity index (χ1) is 30.1. The Morgan fingerprint density at radius 1 is 0.475 bits per heavy atom. The Morgan fingerprint density at radius 2 is 1.11 bits per heavy atom. The summed E-state index contributed by atoms with van der Waals surface area (Å²) in [5.41, 5.74) is 12.1. The predicted octanol–water partition coefficient (Wildman–Crippen LogP) is 14.8. The highest BCUT2D eigenvalue weighted by Crippen LogP contribution is 2.43. The third-order valence-corrected chi connectivity index (χ3v) is 12.2. The van der Waals surface area contributed by atoms with Crippen LogP contribution in [0.25, 0.3) is 93.5 Å². The summed E-state index contributed by atoms with van der Waals surface area (Å²) < 4.78 is 13.4. The third kappa shape index (κ3) is 5.89. The number of furan rings is 2. The third-order valence-electron chi connectivity index (χ3n) is 12.2. The number of allylic oxidation sites excluding steroid dienone is 1. The van der Waals surface area contributed by atoms with E-state index in [1.807, 2.05) is 12.3 Å². The molecule has 0 spiro atoms. The van der Waals surface area contributed by atoms with Gasteiger partial charge in [-0.2, -0.15) is 0 Å². The van der Waals surface area contributed by atoms with Crippen molar-refractivity contribution in [2.45, 2.75) is 13.3 Å². The number of benzene rings is 8. The van der Waals surface area contributed by atoms with Crippen LogP contribution < -0.4 is 0 Å². The molecule has 0 bridgehead atoms. The van der Waals surface area contributed by atoms with Crippen LogP contribution in [0.4, 0.5) is 0 Å². The average Bonchev–Trinajstić information content (AvgIpc) is 3.88. The molecule has 1 unspecified atom stereocenters. The van der Waals surface area contributed by atoms with E-state index in [1.54, 1.807) is 0 Å². The smallest absolute Gasteiger partial charge is 0.227 e. The van der Waals surface area contributed by atoms with E-state index in [0.29, 0.717) is 11.5 Å². The van der Waals surface area contributed by atoms with Gasteiger partial charge in [-0.25, -0.2) is 15.0 Å². The van der Waals surface area contributed by atoms with Crippen LogP contribution >= 0.6 is 0 Å². The van der Waals surface area contributed by atoms with E-state index in [2.05, 4.69) is 183 Å². The van der Waals surface area contributed by atoms with E-state index in [9.17, 15) is 0 Å². The largest absolute Gasteiger partial charge is 0.455 e. The number of aromatic nitrogens is 1. The monoisotopic (exact) mass is 783 g/mol. The number of rotatable bonds is 5. The van der Waals surface area contributed by atoms with Gasteiger partial charge in [0.25, 0.3) is 0 Å². The number of aliphatic imine (C=N–C) groups is 2. The van der Waals surface area contributed by atoms with E-state index in [1.165, 1.54) is 21.7 Å². The molecule has 3 aromatic heterocycles. The fraction of sp³-hybridized carbons (Fsp3) is 0.0536. The molecule has 0 amide bonds. The van der Waals surface area contributed by atoms with Crippen molar-refractivity contribution in [2.75, 3.05) is 0 Å².